The topological polar surface area (TPSA) is 70.1 Å². The van der Waals surface area contributed by atoms with Gasteiger partial charge in [-0.3, -0.25) is 9.89 Å². The lowest BCUT2D eigenvalue weighted by Crippen LogP contribution is -2.18. The van der Waals surface area contributed by atoms with Crippen LogP contribution in [0.15, 0.2) is 40.0 Å². The summed E-state index contributed by atoms with van der Waals surface area (Å²) >= 11 is 3.22. The summed E-state index contributed by atoms with van der Waals surface area (Å²) in [5, 5.41) is 10.3. The molecule has 2 rings (SSSR count). The molecule has 0 unspecified atom stereocenters. The average Bonchev–Trinajstić information content (AvgIpc) is 2.85. The van der Waals surface area contributed by atoms with Crippen molar-refractivity contribution in [1.82, 2.24) is 15.6 Å². The summed E-state index contributed by atoms with van der Waals surface area (Å²) in [5.41, 5.74) is 4.99. The maximum atomic E-state index is 11.7. The zero-order valence-electron chi connectivity index (χ0n) is 11.2. The first-order chi connectivity index (χ1) is 9.58. The molecule has 5 nitrogen and oxygen atoms in total. The molecule has 6 heteroatoms. The highest BCUT2D eigenvalue weighted by atomic mass is 79.9. The van der Waals surface area contributed by atoms with E-state index in [1.807, 2.05) is 12.1 Å². The standard InChI is InChI=1S/C14H15BrN4O/c1-9(2)11-5-3-10(4-6-11)7-16-19-14(20)13-12(15)8-17-18-13/h3-9H,1-2H3,(H,17,18)(H,19,20). The van der Waals surface area contributed by atoms with Gasteiger partial charge in [-0.15, -0.1) is 0 Å². The molecule has 0 radical (unpaired) electrons. The molecule has 1 heterocycles. The quantitative estimate of drug-likeness (QED) is 0.666. The van der Waals surface area contributed by atoms with Gasteiger partial charge in [0.05, 0.1) is 16.9 Å². The third-order valence-corrected chi connectivity index (χ3v) is 3.40. The molecular weight excluding hydrogens is 320 g/mol. The number of carbonyl (C=O) groups is 1. The molecule has 0 aliphatic heterocycles. The van der Waals surface area contributed by atoms with Gasteiger partial charge in [-0.25, -0.2) is 5.43 Å². The number of nitrogens with zero attached hydrogens (tertiary/aromatic N) is 2. The van der Waals surface area contributed by atoms with Gasteiger partial charge < -0.3 is 0 Å². The van der Waals surface area contributed by atoms with Gasteiger partial charge in [0.15, 0.2) is 0 Å². The van der Waals surface area contributed by atoms with E-state index in [-0.39, 0.29) is 5.91 Å². The number of halogens is 1. The third kappa shape index (κ3) is 3.54. The summed E-state index contributed by atoms with van der Waals surface area (Å²) in [4.78, 5) is 11.7. The van der Waals surface area contributed by atoms with Gasteiger partial charge in [-0.2, -0.15) is 10.2 Å². The number of hydrogen-bond acceptors (Lipinski definition) is 3. The Bertz CT molecular complexity index is 616. The second kappa shape index (κ2) is 6.47. The highest BCUT2D eigenvalue weighted by Crippen LogP contribution is 2.14. The number of hydrogen-bond donors (Lipinski definition) is 2. The van der Waals surface area contributed by atoms with Crippen molar-refractivity contribution in [3.63, 3.8) is 0 Å². The number of rotatable bonds is 4. The highest BCUT2D eigenvalue weighted by molar-refractivity contribution is 9.10. The summed E-state index contributed by atoms with van der Waals surface area (Å²) < 4.78 is 0.603. The number of amides is 1. The summed E-state index contributed by atoms with van der Waals surface area (Å²) in [6, 6.07) is 8.05. The molecule has 1 aromatic heterocycles. The van der Waals surface area contributed by atoms with Crippen LogP contribution in [0.25, 0.3) is 0 Å². The summed E-state index contributed by atoms with van der Waals surface area (Å²) in [5.74, 6) is 0.155. The SMILES string of the molecule is CC(C)c1ccc(C=NNC(=O)c2[nH]ncc2Br)cc1. The van der Waals surface area contributed by atoms with Gasteiger partial charge in [-0.05, 0) is 33.0 Å². The van der Waals surface area contributed by atoms with Crippen LogP contribution in [0.2, 0.25) is 0 Å². The molecular formula is C14H15BrN4O. The van der Waals surface area contributed by atoms with Gasteiger partial charge in [0.25, 0.3) is 5.91 Å². The molecule has 2 aromatic rings. The maximum absolute atomic E-state index is 11.7. The van der Waals surface area contributed by atoms with Crippen LogP contribution in [0.1, 0.15) is 41.4 Å². The number of hydrazone groups is 1. The molecule has 0 fully saturated rings. The molecule has 0 aliphatic carbocycles. The number of H-pyrrole nitrogens is 1. The van der Waals surface area contributed by atoms with Crippen molar-refractivity contribution in [3.05, 3.63) is 51.8 Å². The van der Waals surface area contributed by atoms with Crippen LogP contribution in [0, 0.1) is 0 Å². The minimum absolute atomic E-state index is 0.343. The minimum Gasteiger partial charge on any atom is -0.272 e. The van der Waals surface area contributed by atoms with Crippen molar-refractivity contribution in [3.8, 4) is 0 Å². The Kier molecular flexibility index (Phi) is 4.68. The van der Waals surface area contributed by atoms with Crippen LogP contribution in [0.5, 0.6) is 0 Å². The van der Waals surface area contributed by atoms with Gasteiger partial charge in [0, 0.05) is 0 Å². The van der Waals surface area contributed by atoms with Crippen molar-refractivity contribution in [2.75, 3.05) is 0 Å². The Hall–Kier alpha value is -1.95. The lowest BCUT2D eigenvalue weighted by molar-refractivity contribution is 0.0949. The average molecular weight is 335 g/mol. The fraction of sp³-hybridized carbons (Fsp3) is 0.214. The molecule has 0 saturated carbocycles. The Morgan fingerprint density at radius 3 is 2.65 bits per heavy atom. The van der Waals surface area contributed by atoms with Crippen LogP contribution >= 0.6 is 15.9 Å². The largest absolute Gasteiger partial charge is 0.290 e. The molecule has 20 heavy (non-hydrogen) atoms. The van der Waals surface area contributed by atoms with Gasteiger partial charge >= 0.3 is 0 Å². The van der Waals surface area contributed by atoms with E-state index in [0.29, 0.717) is 16.1 Å². The molecule has 0 bridgehead atoms. The zero-order chi connectivity index (χ0) is 14.5. The lowest BCUT2D eigenvalue weighted by atomic mass is 10.0. The number of aromatic nitrogens is 2. The van der Waals surface area contributed by atoms with E-state index in [4.69, 9.17) is 0 Å². The molecule has 2 N–H and O–H groups in total. The second-order valence-electron chi connectivity index (χ2n) is 4.61. The van der Waals surface area contributed by atoms with Gasteiger partial charge in [0.2, 0.25) is 0 Å². The molecule has 0 spiro atoms. The van der Waals surface area contributed by atoms with Gasteiger partial charge in [-0.1, -0.05) is 38.1 Å². The number of carbonyl (C=O) groups excluding carboxylic acids is 1. The van der Waals surface area contributed by atoms with Crippen molar-refractivity contribution >= 4 is 28.1 Å². The normalized spacial score (nSPS) is 11.2. The number of benzene rings is 1. The van der Waals surface area contributed by atoms with Crippen LogP contribution in [-0.2, 0) is 0 Å². The molecule has 104 valence electrons. The van der Waals surface area contributed by atoms with Gasteiger partial charge in [0.1, 0.15) is 5.69 Å². The third-order valence-electron chi connectivity index (χ3n) is 2.80. The molecule has 0 saturated heterocycles. The van der Waals surface area contributed by atoms with E-state index in [0.717, 1.165) is 5.56 Å². The van der Waals surface area contributed by atoms with E-state index in [9.17, 15) is 4.79 Å². The zero-order valence-corrected chi connectivity index (χ0v) is 12.8. The molecule has 0 atom stereocenters. The Balaban J connectivity index is 1.96. The van der Waals surface area contributed by atoms with E-state index >= 15 is 0 Å². The van der Waals surface area contributed by atoms with Crippen molar-refractivity contribution in [1.29, 1.82) is 0 Å². The highest BCUT2D eigenvalue weighted by Gasteiger charge is 2.10. The smallest absolute Gasteiger partial charge is 0.272 e. The Morgan fingerprint density at radius 2 is 2.10 bits per heavy atom. The van der Waals surface area contributed by atoms with Crippen LogP contribution in [-0.4, -0.2) is 22.3 Å². The first-order valence-electron chi connectivity index (χ1n) is 6.20. The van der Waals surface area contributed by atoms with Crippen LogP contribution in [0.4, 0.5) is 0 Å². The van der Waals surface area contributed by atoms with E-state index in [1.165, 1.54) is 11.8 Å². The molecule has 0 aliphatic rings. The van der Waals surface area contributed by atoms with Crippen LogP contribution < -0.4 is 5.43 Å². The minimum atomic E-state index is -0.343. The first-order valence-corrected chi connectivity index (χ1v) is 6.99. The fourth-order valence-corrected chi connectivity index (χ4v) is 1.99. The summed E-state index contributed by atoms with van der Waals surface area (Å²) in [6.07, 6.45) is 3.12. The van der Waals surface area contributed by atoms with Crippen molar-refractivity contribution in [2.45, 2.75) is 19.8 Å². The predicted octanol–water partition coefficient (Wildman–Crippen LogP) is 3.06. The first kappa shape index (κ1) is 14.5. The van der Waals surface area contributed by atoms with E-state index in [1.54, 1.807) is 6.21 Å². The Labute approximate surface area is 125 Å². The monoisotopic (exact) mass is 334 g/mol. The Morgan fingerprint density at radius 1 is 1.40 bits per heavy atom. The summed E-state index contributed by atoms with van der Waals surface area (Å²) in [7, 11) is 0. The number of nitrogens with one attached hydrogen (secondary N) is 2. The van der Waals surface area contributed by atoms with Crippen molar-refractivity contribution in [2.24, 2.45) is 5.10 Å². The predicted molar refractivity (Wildman–Crippen MR) is 81.9 cm³/mol. The molecule has 1 amide bonds. The van der Waals surface area contributed by atoms with Crippen LogP contribution in [0.3, 0.4) is 0 Å². The lowest BCUT2D eigenvalue weighted by Gasteiger charge is -2.04. The van der Waals surface area contributed by atoms with E-state index in [2.05, 4.69) is 62.6 Å². The maximum Gasteiger partial charge on any atom is 0.290 e. The second-order valence-corrected chi connectivity index (χ2v) is 5.47. The summed E-state index contributed by atoms with van der Waals surface area (Å²) in [6.45, 7) is 4.29. The number of aromatic amines is 1. The van der Waals surface area contributed by atoms with E-state index < -0.39 is 0 Å². The molecule has 1 aromatic carbocycles. The fourth-order valence-electron chi connectivity index (χ4n) is 1.62. The van der Waals surface area contributed by atoms with Crippen molar-refractivity contribution < 1.29 is 4.79 Å².